The van der Waals surface area contributed by atoms with Gasteiger partial charge in [-0.25, -0.2) is 4.39 Å². The second-order valence-corrected chi connectivity index (χ2v) is 8.62. The Bertz CT molecular complexity index is 1100. The molecule has 1 N–H and O–H groups in total. The van der Waals surface area contributed by atoms with Crippen molar-refractivity contribution in [2.75, 3.05) is 10.2 Å². The van der Waals surface area contributed by atoms with Crippen LogP contribution in [0.2, 0.25) is 0 Å². The Morgan fingerprint density at radius 1 is 1.10 bits per heavy atom. The third-order valence-corrected chi connectivity index (χ3v) is 6.36. The van der Waals surface area contributed by atoms with Crippen molar-refractivity contribution < 1.29 is 18.8 Å². The maximum atomic E-state index is 13.0. The minimum absolute atomic E-state index is 0.179. The van der Waals surface area contributed by atoms with E-state index in [0.717, 1.165) is 10.5 Å². The number of hydrogen-bond donors (Lipinski definition) is 1. The van der Waals surface area contributed by atoms with Crippen LogP contribution in [-0.2, 0) is 15.3 Å². The van der Waals surface area contributed by atoms with Gasteiger partial charge in [0.25, 0.3) is 5.91 Å². The minimum Gasteiger partial charge on any atom is -0.296 e. The number of amides is 3. The molecule has 10 heteroatoms. The number of carbonyl (C=O) groups is 3. The molecule has 1 aliphatic heterocycles. The minimum atomic E-state index is -0.415. The Balaban J connectivity index is 1.40. The fourth-order valence-electron chi connectivity index (χ4n) is 2.86. The van der Waals surface area contributed by atoms with E-state index in [1.807, 2.05) is 0 Å². The molecule has 0 bridgehead atoms. The lowest BCUT2D eigenvalue weighted by molar-refractivity contribution is -0.121. The number of aromatic nitrogens is 2. The Labute approximate surface area is 179 Å². The molecule has 0 unspecified atom stereocenters. The topological polar surface area (TPSA) is 92.3 Å². The number of thioether (sulfide) groups is 1. The predicted molar refractivity (Wildman–Crippen MR) is 112 cm³/mol. The molecule has 3 aromatic rings. The molecular weight excluding hydrogens is 427 g/mol. The van der Waals surface area contributed by atoms with Gasteiger partial charge in [0, 0.05) is 24.2 Å². The second kappa shape index (κ2) is 8.72. The van der Waals surface area contributed by atoms with E-state index in [9.17, 15) is 18.8 Å². The molecule has 152 valence electrons. The van der Waals surface area contributed by atoms with Crippen LogP contribution in [0.4, 0.5) is 15.2 Å². The summed E-state index contributed by atoms with van der Waals surface area (Å²) in [5, 5.41) is 11.0. The van der Waals surface area contributed by atoms with E-state index in [4.69, 9.17) is 0 Å². The summed E-state index contributed by atoms with van der Waals surface area (Å²) in [6, 6.07) is 12.5. The first-order valence-corrected chi connectivity index (χ1v) is 10.8. The molecule has 2 aromatic carbocycles. The third kappa shape index (κ3) is 4.55. The molecule has 0 spiro atoms. The lowest BCUT2D eigenvalue weighted by atomic mass is 10.2. The van der Waals surface area contributed by atoms with E-state index in [0.29, 0.717) is 26.5 Å². The van der Waals surface area contributed by atoms with E-state index >= 15 is 0 Å². The smallest absolute Gasteiger partial charge is 0.257 e. The van der Waals surface area contributed by atoms with E-state index in [-0.39, 0.29) is 30.5 Å². The molecule has 1 fully saturated rings. The summed E-state index contributed by atoms with van der Waals surface area (Å²) < 4.78 is 13.6. The molecular formula is C20H15FN4O3S2. The van der Waals surface area contributed by atoms with Gasteiger partial charge in [0.05, 0.1) is 5.69 Å². The van der Waals surface area contributed by atoms with Gasteiger partial charge >= 0.3 is 0 Å². The number of carbonyl (C=O) groups excluding carboxylic acids is 3. The molecule has 3 amide bonds. The lowest BCUT2D eigenvalue weighted by Gasteiger charge is -2.14. The Morgan fingerprint density at radius 3 is 2.57 bits per heavy atom. The Morgan fingerprint density at radius 2 is 1.83 bits per heavy atom. The summed E-state index contributed by atoms with van der Waals surface area (Å²) in [7, 11) is 0. The first-order chi connectivity index (χ1) is 14.5. The highest BCUT2D eigenvalue weighted by Gasteiger charge is 2.30. The summed E-state index contributed by atoms with van der Waals surface area (Å²) in [5.41, 5.74) is 1.63. The van der Waals surface area contributed by atoms with Gasteiger partial charge in [0.15, 0.2) is 4.34 Å². The second-order valence-electron chi connectivity index (χ2n) is 6.42. The number of imide groups is 1. The van der Waals surface area contributed by atoms with Gasteiger partial charge in [-0.1, -0.05) is 41.3 Å². The van der Waals surface area contributed by atoms with E-state index in [2.05, 4.69) is 15.5 Å². The maximum absolute atomic E-state index is 13.0. The van der Waals surface area contributed by atoms with Crippen molar-refractivity contribution in [2.45, 2.75) is 22.9 Å². The third-order valence-electron chi connectivity index (χ3n) is 4.32. The number of benzene rings is 2. The molecule has 30 heavy (non-hydrogen) atoms. The number of nitrogens with one attached hydrogen (secondary N) is 1. The normalized spacial score (nSPS) is 13.7. The summed E-state index contributed by atoms with van der Waals surface area (Å²) in [6.45, 7) is 0. The van der Waals surface area contributed by atoms with Crippen LogP contribution < -0.4 is 10.2 Å². The highest BCUT2D eigenvalue weighted by molar-refractivity contribution is 8.00. The largest absolute Gasteiger partial charge is 0.296 e. The summed E-state index contributed by atoms with van der Waals surface area (Å²) >= 11 is 2.66. The molecule has 0 atom stereocenters. The highest BCUT2D eigenvalue weighted by Crippen LogP contribution is 2.29. The van der Waals surface area contributed by atoms with E-state index in [1.54, 1.807) is 30.3 Å². The average molecular weight is 442 g/mol. The molecule has 2 heterocycles. The predicted octanol–water partition coefficient (Wildman–Crippen LogP) is 3.88. The van der Waals surface area contributed by atoms with Gasteiger partial charge < -0.3 is 0 Å². The van der Waals surface area contributed by atoms with Crippen LogP contribution >= 0.6 is 23.1 Å². The maximum Gasteiger partial charge on any atom is 0.257 e. The van der Waals surface area contributed by atoms with Gasteiger partial charge in [0.1, 0.15) is 5.82 Å². The van der Waals surface area contributed by atoms with Crippen molar-refractivity contribution in [3.63, 3.8) is 0 Å². The van der Waals surface area contributed by atoms with Crippen molar-refractivity contribution in [3.05, 3.63) is 65.5 Å². The number of hydrogen-bond acceptors (Lipinski definition) is 7. The summed E-state index contributed by atoms with van der Waals surface area (Å²) in [6.07, 6.45) is 0.358. The average Bonchev–Trinajstić information content (AvgIpc) is 3.33. The lowest BCUT2D eigenvalue weighted by Crippen LogP contribution is -2.28. The van der Waals surface area contributed by atoms with Gasteiger partial charge in [-0.3, -0.25) is 24.6 Å². The Hall–Kier alpha value is -3.11. The Kier molecular flexibility index (Phi) is 5.86. The number of rotatable bonds is 6. The van der Waals surface area contributed by atoms with Crippen LogP contribution in [-0.4, -0.2) is 27.9 Å². The molecule has 1 saturated heterocycles. The van der Waals surface area contributed by atoms with Crippen LogP contribution in [0.3, 0.4) is 0 Å². The molecule has 1 aromatic heterocycles. The summed E-state index contributed by atoms with van der Waals surface area (Å²) in [4.78, 5) is 37.5. The fraction of sp³-hybridized carbons (Fsp3) is 0.150. The number of nitrogens with zero attached hydrogens (tertiary/aromatic N) is 3. The molecule has 4 rings (SSSR count). The monoisotopic (exact) mass is 442 g/mol. The summed E-state index contributed by atoms with van der Waals surface area (Å²) in [5.74, 6) is -0.647. The molecule has 1 aliphatic rings. The van der Waals surface area contributed by atoms with Crippen molar-refractivity contribution >= 4 is 51.6 Å². The molecule has 0 radical (unpaired) electrons. The van der Waals surface area contributed by atoms with Gasteiger partial charge in [-0.15, -0.1) is 10.2 Å². The van der Waals surface area contributed by atoms with E-state index in [1.165, 1.54) is 41.3 Å². The first-order valence-electron chi connectivity index (χ1n) is 8.97. The van der Waals surface area contributed by atoms with Crippen LogP contribution in [0.5, 0.6) is 0 Å². The van der Waals surface area contributed by atoms with Crippen LogP contribution in [0.25, 0.3) is 0 Å². The number of anilines is 2. The van der Waals surface area contributed by atoms with Gasteiger partial charge in [-0.05, 0) is 35.9 Å². The molecule has 7 nitrogen and oxygen atoms in total. The van der Waals surface area contributed by atoms with Crippen LogP contribution in [0.1, 0.15) is 28.8 Å². The van der Waals surface area contributed by atoms with Gasteiger partial charge in [-0.2, -0.15) is 0 Å². The SMILES string of the molecule is O=C(Nc1nnc(SCc2ccc(F)cc2)s1)c1cccc(N2C(=O)CCC2=O)c1. The molecule has 0 aliphatic carbocycles. The zero-order valence-corrected chi connectivity index (χ0v) is 17.1. The van der Waals surface area contributed by atoms with Crippen LogP contribution in [0.15, 0.2) is 52.9 Å². The zero-order chi connectivity index (χ0) is 21.1. The van der Waals surface area contributed by atoms with Crippen LogP contribution in [0, 0.1) is 5.82 Å². The van der Waals surface area contributed by atoms with Crippen molar-refractivity contribution in [1.82, 2.24) is 10.2 Å². The fourth-order valence-corrected chi connectivity index (χ4v) is 4.57. The quantitative estimate of drug-likeness (QED) is 0.354. The van der Waals surface area contributed by atoms with E-state index < -0.39 is 5.91 Å². The zero-order valence-electron chi connectivity index (χ0n) is 15.5. The molecule has 0 saturated carbocycles. The van der Waals surface area contributed by atoms with Crippen molar-refractivity contribution in [3.8, 4) is 0 Å². The highest BCUT2D eigenvalue weighted by atomic mass is 32.2. The van der Waals surface area contributed by atoms with Crippen molar-refractivity contribution in [2.24, 2.45) is 0 Å². The standard InChI is InChI=1S/C20H15FN4O3S2/c21-14-6-4-12(5-7-14)11-29-20-24-23-19(30-20)22-18(28)13-2-1-3-15(10-13)25-16(26)8-9-17(25)27/h1-7,10H,8-9,11H2,(H,22,23,28). The van der Waals surface area contributed by atoms with Crippen molar-refractivity contribution in [1.29, 1.82) is 0 Å². The number of halogens is 1. The van der Waals surface area contributed by atoms with Gasteiger partial charge in [0.2, 0.25) is 16.9 Å². The first kappa shape index (κ1) is 20.2.